The molecule has 0 atom stereocenters. The Balaban J connectivity index is 1.64. The molecule has 0 heterocycles. The lowest BCUT2D eigenvalue weighted by molar-refractivity contribution is -0.153. The van der Waals surface area contributed by atoms with Crippen molar-refractivity contribution in [3.63, 3.8) is 0 Å². The molecule has 0 bridgehead atoms. The van der Waals surface area contributed by atoms with Crippen LogP contribution in [0.15, 0.2) is 48.5 Å². The molecule has 156 valence electrons. The summed E-state index contributed by atoms with van der Waals surface area (Å²) in [5.74, 6) is -0.0649. The molecule has 5 nitrogen and oxygen atoms in total. The summed E-state index contributed by atoms with van der Waals surface area (Å²) in [5.41, 5.74) is 2.52. The third kappa shape index (κ3) is 9.38. The molecule has 2 rings (SSSR count). The summed E-state index contributed by atoms with van der Waals surface area (Å²) in [7, 11) is 0. The number of carbonyl (C=O) groups excluding carboxylic acids is 2. The van der Waals surface area contributed by atoms with Gasteiger partial charge in [-0.2, -0.15) is 13.2 Å². The predicted molar refractivity (Wildman–Crippen MR) is 107 cm³/mol. The number of hydrogen-bond donors (Lipinski definition) is 2. The summed E-state index contributed by atoms with van der Waals surface area (Å²) in [4.78, 5) is 23.7. The van der Waals surface area contributed by atoms with E-state index in [1.807, 2.05) is 31.2 Å². The lowest BCUT2D eigenvalue weighted by Gasteiger charge is -2.10. The molecular formula is C20H21F3N2O3S. The van der Waals surface area contributed by atoms with E-state index >= 15 is 0 Å². The van der Waals surface area contributed by atoms with Gasteiger partial charge in [-0.25, -0.2) is 0 Å². The molecule has 0 aromatic heterocycles. The molecule has 0 fully saturated rings. The average Bonchev–Trinajstić information content (AvgIpc) is 2.67. The zero-order valence-electron chi connectivity index (χ0n) is 15.7. The molecule has 29 heavy (non-hydrogen) atoms. The Bertz CT molecular complexity index is 809. The first-order valence-corrected chi connectivity index (χ1v) is 9.86. The first-order valence-electron chi connectivity index (χ1n) is 8.71. The van der Waals surface area contributed by atoms with Crippen LogP contribution in [0.1, 0.15) is 11.1 Å². The molecule has 9 heteroatoms. The Kier molecular flexibility index (Phi) is 8.38. The largest absolute Gasteiger partial charge is 0.484 e. The van der Waals surface area contributed by atoms with Crippen molar-refractivity contribution in [3.8, 4) is 5.75 Å². The molecule has 0 radical (unpaired) electrons. The van der Waals surface area contributed by atoms with E-state index in [0.717, 1.165) is 11.1 Å². The number of aryl methyl sites for hydroxylation is 1. The van der Waals surface area contributed by atoms with Gasteiger partial charge in [-0.15, -0.1) is 11.8 Å². The average molecular weight is 426 g/mol. The van der Waals surface area contributed by atoms with E-state index in [1.54, 1.807) is 12.1 Å². The fourth-order valence-corrected chi connectivity index (χ4v) is 2.84. The molecular weight excluding hydrogens is 405 g/mol. The Morgan fingerprint density at radius 2 is 1.59 bits per heavy atom. The van der Waals surface area contributed by atoms with Crippen LogP contribution in [-0.2, 0) is 16.1 Å². The summed E-state index contributed by atoms with van der Waals surface area (Å²) in [6, 6.07) is 13.4. The van der Waals surface area contributed by atoms with Crippen LogP contribution in [0.3, 0.4) is 0 Å². The van der Waals surface area contributed by atoms with Crippen LogP contribution in [-0.4, -0.2) is 36.1 Å². The Morgan fingerprint density at radius 1 is 0.966 bits per heavy atom. The van der Waals surface area contributed by atoms with Gasteiger partial charge in [-0.05, 0) is 36.8 Å². The standard InChI is InChI=1S/C20H21F3N2O3S/c1-14-2-6-16(7-3-14)25-19(27)12-29-11-18(26)24-10-15-4-8-17(9-5-15)28-13-20(21,22)23/h2-9H,10-13H2,1H3,(H,24,26)(H,25,27). The number of rotatable bonds is 9. The quantitative estimate of drug-likeness (QED) is 0.638. The third-order valence-electron chi connectivity index (χ3n) is 3.62. The molecule has 2 N–H and O–H groups in total. The van der Waals surface area contributed by atoms with E-state index in [1.165, 1.54) is 23.9 Å². The lowest BCUT2D eigenvalue weighted by atomic mass is 10.2. The summed E-state index contributed by atoms with van der Waals surface area (Å²) in [6.45, 7) is 0.836. The number of benzene rings is 2. The van der Waals surface area contributed by atoms with Gasteiger partial charge in [0.15, 0.2) is 6.61 Å². The minimum Gasteiger partial charge on any atom is -0.484 e. The zero-order chi connectivity index (χ0) is 21.3. The van der Waals surface area contributed by atoms with E-state index in [-0.39, 0.29) is 35.6 Å². The molecule has 0 aliphatic carbocycles. The topological polar surface area (TPSA) is 67.4 Å². The second-order valence-electron chi connectivity index (χ2n) is 6.23. The molecule has 0 spiro atoms. The third-order valence-corrected chi connectivity index (χ3v) is 4.55. The van der Waals surface area contributed by atoms with Crippen molar-refractivity contribution in [1.29, 1.82) is 0 Å². The van der Waals surface area contributed by atoms with Gasteiger partial charge in [0, 0.05) is 12.2 Å². The molecule has 0 unspecified atom stereocenters. The summed E-state index contributed by atoms with van der Waals surface area (Å²) in [6.07, 6.45) is -4.39. The van der Waals surface area contributed by atoms with Crippen LogP contribution in [0.25, 0.3) is 0 Å². The number of thioether (sulfide) groups is 1. The maximum Gasteiger partial charge on any atom is 0.422 e. The highest BCUT2D eigenvalue weighted by Crippen LogP contribution is 2.18. The van der Waals surface area contributed by atoms with Gasteiger partial charge in [0.05, 0.1) is 11.5 Å². The summed E-state index contributed by atoms with van der Waals surface area (Å²) in [5, 5.41) is 5.44. The van der Waals surface area contributed by atoms with E-state index in [0.29, 0.717) is 5.69 Å². The molecule has 2 aromatic carbocycles. The van der Waals surface area contributed by atoms with Crippen molar-refractivity contribution in [2.45, 2.75) is 19.6 Å². The highest BCUT2D eigenvalue weighted by Gasteiger charge is 2.28. The first-order chi connectivity index (χ1) is 13.7. The lowest BCUT2D eigenvalue weighted by Crippen LogP contribution is -2.25. The zero-order valence-corrected chi connectivity index (χ0v) is 16.5. The van der Waals surface area contributed by atoms with Crippen LogP contribution < -0.4 is 15.4 Å². The van der Waals surface area contributed by atoms with Crippen molar-refractivity contribution in [3.05, 3.63) is 59.7 Å². The summed E-state index contributed by atoms with van der Waals surface area (Å²) < 4.78 is 40.9. The van der Waals surface area contributed by atoms with Crippen molar-refractivity contribution >= 4 is 29.3 Å². The monoisotopic (exact) mass is 426 g/mol. The maximum absolute atomic E-state index is 12.1. The molecule has 0 aliphatic rings. The first kappa shape index (κ1) is 22.6. The van der Waals surface area contributed by atoms with Crippen molar-refractivity contribution in [2.75, 3.05) is 23.4 Å². The molecule has 0 saturated carbocycles. The van der Waals surface area contributed by atoms with Crippen molar-refractivity contribution < 1.29 is 27.5 Å². The Morgan fingerprint density at radius 3 is 2.21 bits per heavy atom. The number of alkyl halides is 3. The number of nitrogens with one attached hydrogen (secondary N) is 2. The van der Waals surface area contributed by atoms with E-state index in [4.69, 9.17) is 0 Å². The minimum absolute atomic E-state index is 0.104. The van der Waals surface area contributed by atoms with E-state index in [2.05, 4.69) is 15.4 Å². The number of hydrogen-bond acceptors (Lipinski definition) is 4. The molecule has 0 aliphatic heterocycles. The summed E-state index contributed by atoms with van der Waals surface area (Å²) >= 11 is 1.19. The van der Waals surface area contributed by atoms with Crippen LogP contribution in [0.4, 0.5) is 18.9 Å². The minimum atomic E-state index is -4.39. The maximum atomic E-state index is 12.1. The van der Waals surface area contributed by atoms with Crippen LogP contribution in [0, 0.1) is 6.92 Å². The van der Waals surface area contributed by atoms with Crippen molar-refractivity contribution in [2.24, 2.45) is 0 Å². The van der Waals surface area contributed by atoms with Gasteiger partial charge in [-0.1, -0.05) is 29.8 Å². The smallest absolute Gasteiger partial charge is 0.422 e. The van der Waals surface area contributed by atoms with Crippen molar-refractivity contribution in [1.82, 2.24) is 5.32 Å². The van der Waals surface area contributed by atoms with Crippen LogP contribution in [0.2, 0.25) is 0 Å². The normalized spacial score (nSPS) is 11.0. The van der Waals surface area contributed by atoms with E-state index in [9.17, 15) is 22.8 Å². The second-order valence-corrected chi connectivity index (χ2v) is 7.22. The van der Waals surface area contributed by atoms with E-state index < -0.39 is 12.8 Å². The number of ether oxygens (including phenoxy) is 1. The van der Waals surface area contributed by atoms with Crippen LogP contribution in [0.5, 0.6) is 5.75 Å². The SMILES string of the molecule is Cc1ccc(NC(=O)CSCC(=O)NCc2ccc(OCC(F)(F)F)cc2)cc1. The molecule has 2 aromatic rings. The van der Waals surface area contributed by atoms with Crippen LogP contribution >= 0.6 is 11.8 Å². The number of anilines is 1. The molecule has 0 saturated heterocycles. The molecule has 2 amide bonds. The number of amides is 2. The second kappa shape index (κ2) is 10.8. The number of halogens is 3. The fourth-order valence-electron chi connectivity index (χ4n) is 2.19. The Hall–Kier alpha value is -2.68. The Labute approximate surface area is 171 Å². The van der Waals surface area contributed by atoms with Gasteiger partial charge in [0.2, 0.25) is 11.8 Å². The number of carbonyl (C=O) groups is 2. The van der Waals surface area contributed by atoms with Gasteiger partial charge >= 0.3 is 6.18 Å². The van der Waals surface area contributed by atoms with Gasteiger partial charge in [0.25, 0.3) is 0 Å². The fraction of sp³-hybridized carbons (Fsp3) is 0.300. The van der Waals surface area contributed by atoms with Gasteiger partial charge < -0.3 is 15.4 Å². The highest BCUT2D eigenvalue weighted by atomic mass is 32.2. The van der Waals surface area contributed by atoms with Gasteiger partial charge in [-0.3, -0.25) is 9.59 Å². The van der Waals surface area contributed by atoms with Gasteiger partial charge in [0.1, 0.15) is 5.75 Å². The highest BCUT2D eigenvalue weighted by molar-refractivity contribution is 8.00. The predicted octanol–water partition coefficient (Wildman–Crippen LogP) is 3.92.